The van der Waals surface area contributed by atoms with Crippen LogP contribution in [0.25, 0.3) is 0 Å². The molecule has 0 aliphatic heterocycles. The highest BCUT2D eigenvalue weighted by molar-refractivity contribution is 9.10. The zero-order valence-corrected chi connectivity index (χ0v) is 9.13. The zero-order valence-electron chi connectivity index (χ0n) is 6.73. The van der Waals surface area contributed by atoms with Gasteiger partial charge in [0.2, 0.25) is 0 Å². The van der Waals surface area contributed by atoms with Crippen molar-refractivity contribution in [1.82, 2.24) is 0 Å². The molecule has 0 unspecified atom stereocenters. The molecule has 0 fully saturated rings. The Kier molecular flexibility index (Phi) is 4.70. The van der Waals surface area contributed by atoms with Gasteiger partial charge in [-0.2, -0.15) is 13.2 Å². The summed E-state index contributed by atoms with van der Waals surface area (Å²) in [5.41, 5.74) is 1.62. The van der Waals surface area contributed by atoms with Gasteiger partial charge in [0.15, 0.2) is 0 Å². The lowest BCUT2D eigenvalue weighted by Gasteiger charge is -2.10. The quantitative estimate of drug-likeness (QED) is 0.616. The summed E-state index contributed by atoms with van der Waals surface area (Å²) in [4.78, 5) is 0. The third kappa shape index (κ3) is 3.04. The maximum absolute atomic E-state index is 12.3. The number of benzene rings is 1. The number of halogens is 5. The normalized spacial score (nSPS) is 10.6. The van der Waals surface area contributed by atoms with Crippen LogP contribution in [0.2, 0.25) is 0 Å². The molecule has 0 radical (unpaired) electrons. The van der Waals surface area contributed by atoms with Crippen molar-refractivity contribution in [2.24, 2.45) is 5.84 Å². The van der Waals surface area contributed by atoms with Crippen molar-refractivity contribution in [1.29, 1.82) is 0 Å². The molecule has 80 valence electrons. The van der Waals surface area contributed by atoms with Gasteiger partial charge in [-0.1, -0.05) is 15.9 Å². The molecule has 14 heavy (non-hydrogen) atoms. The zero-order chi connectivity index (χ0) is 10.1. The van der Waals surface area contributed by atoms with Crippen LogP contribution in [0.1, 0.15) is 5.56 Å². The van der Waals surface area contributed by atoms with Gasteiger partial charge in [0, 0.05) is 10.2 Å². The van der Waals surface area contributed by atoms with Crippen molar-refractivity contribution in [3.05, 3.63) is 28.2 Å². The van der Waals surface area contributed by atoms with Gasteiger partial charge in [0.25, 0.3) is 0 Å². The van der Waals surface area contributed by atoms with E-state index in [0.29, 0.717) is 0 Å². The number of nitrogens with two attached hydrogens (primary N) is 1. The van der Waals surface area contributed by atoms with E-state index in [-0.39, 0.29) is 22.6 Å². The summed E-state index contributed by atoms with van der Waals surface area (Å²) in [6.07, 6.45) is -4.37. The van der Waals surface area contributed by atoms with Crippen LogP contribution < -0.4 is 11.3 Å². The predicted molar refractivity (Wildman–Crippen MR) is 54.2 cm³/mol. The van der Waals surface area contributed by atoms with E-state index in [4.69, 9.17) is 5.84 Å². The monoisotopic (exact) mass is 290 g/mol. The molecule has 0 saturated heterocycles. The second-order valence-corrected chi connectivity index (χ2v) is 3.19. The molecule has 0 amide bonds. The highest BCUT2D eigenvalue weighted by atomic mass is 79.9. The number of alkyl halides is 3. The highest BCUT2D eigenvalue weighted by Gasteiger charge is 2.33. The van der Waals surface area contributed by atoms with Gasteiger partial charge in [-0.25, -0.2) is 0 Å². The molecule has 0 saturated carbocycles. The predicted octanol–water partition coefficient (Wildman–Crippen LogP) is 3.18. The Morgan fingerprint density at radius 3 is 2.29 bits per heavy atom. The van der Waals surface area contributed by atoms with Gasteiger partial charge in [-0.15, -0.1) is 12.4 Å². The minimum absolute atomic E-state index is 0. The molecule has 7 heteroatoms. The molecule has 0 spiro atoms. The number of hydrogen-bond donors (Lipinski definition) is 2. The first-order valence-corrected chi connectivity index (χ1v) is 4.08. The lowest BCUT2D eigenvalue weighted by Crippen LogP contribution is -2.10. The summed E-state index contributed by atoms with van der Waals surface area (Å²) in [6.45, 7) is 0. The molecule has 1 aromatic rings. The van der Waals surface area contributed by atoms with Gasteiger partial charge >= 0.3 is 6.18 Å². The van der Waals surface area contributed by atoms with E-state index < -0.39 is 11.7 Å². The molecule has 0 aromatic heterocycles. The van der Waals surface area contributed by atoms with Crippen molar-refractivity contribution in [2.75, 3.05) is 5.43 Å². The molecule has 0 heterocycles. The van der Waals surface area contributed by atoms with Crippen molar-refractivity contribution in [3.63, 3.8) is 0 Å². The van der Waals surface area contributed by atoms with Crippen LogP contribution in [0.15, 0.2) is 22.7 Å². The Hall–Kier alpha value is -0.460. The fourth-order valence-corrected chi connectivity index (χ4v) is 1.30. The van der Waals surface area contributed by atoms with Gasteiger partial charge in [0.1, 0.15) is 0 Å². The van der Waals surface area contributed by atoms with E-state index in [1.807, 2.05) is 0 Å². The van der Waals surface area contributed by atoms with Crippen LogP contribution >= 0.6 is 28.3 Å². The molecular weight excluding hydrogens is 284 g/mol. The van der Waals surface area contributed by atoms with Gasteiger partial charge in [-0.3, -0.25) is 5.84 Å². The Balaban J connectivity index is 0.00000169. The fourth-order valence-electron chi connectivity index (χ4n) is 0.832. The molecule has 3 N–H and O–H groups in total. The second kappa shape index (κ2) is 4.86. The smallest absolute Gasteiger partial charge is 0.324 e. The minimum atomic E-state index is -4.37. The lowest BCUT2D eigenvalue weighted by molar-refractivity contribution is -0.138. The molecular formula is C7H7BrClF3N2. The van der Waals surface area contributed by atoms with Crippen LogP contribution in [0.4, 0.5) is 18.9 Å². The van der Waals surface area contributed by atoms with Crippen LogP contribution in [0, 0.1) is 0 Å². The molecule has 1 rings (SSSR count). The summed E-state index contributed by atoms with van der Waals surface area (Å²) in [7, 11) is 0. The summed E-state index contributed by atoms with van der Waals surface area (Å²) >= 11 is 2.81. The van der Waals surface area contributed by atoms with E-state index >= 15 is 0 Å². The van der Waals surface area contributed by atoms with E-state index in [1.54, 1.807) is 0 Å². The van der Waals surface area contributed by atoms with Crippen LogP contribution in [-0.4, -0.2) is 0 Å². The standard InChI is InChI=1S/C7H6BrF3N2.ClH/c8-6-2-1-4(13-12)3-5(6)7(9,10)11;/h1-3,13H,12H2;1H. The van der Waals surface area contributed by atoms with Crippen molar-refractivity contribution in [2.45, 2.75) is 6.18 Å². The largest absolute Gasteiger partial charge is 0.417 e. The van der Waals surface area contributed by atoms with Gasteiger partial charge in [-0.05, 0) is 18.2 Å². The summed E-state index contributed by atoms with van der Waals surface area (Å²) in [5.74, 6) is 4.98. The van der Waals surface area contributed by atoms with Crippen LogP contribution in [0.3, 0.4) is 0 Å². The molecule has 0 aliphatic carbocycles. The number of nitrogens with one attached hydrogen (secondary N) is 1. The SMILES string of the molecule is Cl.NNc1ccc(Br)c(C(F)(F)F)c1. The molecule has 1 aromatic carbocycles. The third-order valence-electron chi connectivity index (χ3n) is 1.44. The average molecular weight is 291 g/mol. The first-order chi connectivity index (χ1) is 5.95. The topological polar surface area (TPSA) is 38.0 Å². The van der Waals surface area contributed by atoms with E-state index in [1.165, 1.54) is 12.1 Å². The van der Waals surface area contributed by atoms with Crippen molar-refractivity contribution in [3.8, 4) is 0 Å². The average Bonchev–Trinajstić information content (AvgIpc) is 2.03. The van der Waals surface area contributed by atoms with Crippen LogP contribution in [0.5, 0.6) is 0 Å². The van der Waals surface area contributed by atoms with Gasteiger partial charge in [0.05, 0.1) is 5.56 Å². The number of rotatable bonds is 1. The number of hydrogen-bond acceptors (Lipinski definition) is 2. The summed E-state index contributed by atoms with van der Waals surface area (Å²) in [6, 6.07) is 3.67. The summed E-state index contributed by atoms with van der Waals surface area (Å²) < 4.78 is 36.8. The van der Waals surface area contributed by atoms with Gasteiger partial charge < -0.3 is 5.43 Å². The van der Waals surface area contributed by atoms with Crippen molar-refractivity contribution < 1.29 is 13.2 Å². The molecule has 0 bridgehead atoms. The van der Waals surface area contributed by atoms with Crippen LogP contribution in [-0.2, 0) is 6.18 Å². The highest BCUT2D eigenvalue weighted by Crippen LogP contribution is 2.36. The summed E-state index contributed by atoms with van der Waals surface area (Å²) in [5, 5.41) is 0. The maximum Gasteiger partial charge on any atom is 0.417 e. The maximum atomic E-state index is 12.3. The first-order valence-electron chi connectivity index (χ1n) is 3.28. The third-order valence-corrected chi connectivity index (χ3v) is 2.13. The number of anilines is 1. The Bertz CT molecular complexity index is 316. The lowest BCUT2D eigenvalue weighted by atomic mass is 10.2. The van der Waals surface area contributed by atoms with E-state index in [2.05, 4.69) is 21.4 Å². The minimum Gasteiger partial charge on any atom is -0.324 e. The van der Waals surface area contributed by atoms with Crippen molar-refractivity contribution >= 4 is 34.0 Å². The first kappa shape index (κ1) is 13.5. The fraction of sp³-hybridized carbons (Fsp3) is 0.143. The number of nitrogen functional groups attached to an aromatic ring is 1. The Morgan fingerprint density at radius 1 is 1.29 bits per heavy atom. The number of hydrazine groups is 1. The molecule has 0 aliphatic rings. The van der Waals surface area contributed by atoms with E-state index in [9.17, 15) is 13.2 Å². The Labute approximate surface area is 93.2 Å². The Morgan fingerprint density at radius 2 is 1.86 bits per heavy atom. The second-order valence-electron chi connectivity index (χ2n) is 2.34. The van der Waals surface area contributed by atoms with E-state index in [0.717, 1.165) is 6.07 Å². The molecule has 2 nitrogen and oxygen atoms in total. The molecule has 0 atom stereocenters.